The fourth-order valence-electron chi connectivity index (χ4n) is 1.50. The largest absolute Gasteiger partial charge is 0.0998 e. The molecule has 0 aromatic rings. The molecule has 0 heteroatoms. The highest BCUT2D eigenvalue weighted by atomic mass is 14.2. The molecule has 0 radical (unpaired) electrons. The highest BCUT2D eigenvalue weighted by Gasteiger charge is 2.10. The minimum atomic E-state index is 0.645. The van der Waals surface area contributed by atoms with Crippen molar-refractivity contribution in [3.8, 4) is 0 Å². The zero-order valence-electron chi connectivity index (χ0n) is 9.69. The number of rotatable bonds is 6. The maximum atomic E-state index is 4.12. The Hall–Kier alpha value is -0.520. The quantitative estimate of drug-likeness (QED) is 0.525. The Balaban J connectivity index is 3.89. The second-order valence-electron chi connectivity index (χ2n) is 4.44. The molecule has 0 N–H and O–H groups in total. The molecule has 0 heterocycles. The van der Waals surface area contributed by atoms with Crippen molar-refractivity contribution in [1.82, 2.24) is 0 Å². The van der Waals surface area contributed by atoms with E-state index in [9.17, 15) is 0 Å². The first kappa shape index (κ1) is 12.5. The monoisotopic (exact) mass is 180 g/mol. The molecule has 0 aliphatic rings. The van der Waals surface area contributed by atoms with Crippen molar-refractivity contribution in [1.29, 1.82) is 0 Å². The van der Waals surface area contributed by atoms with Gasteiger partial charge in [0, 0.05) is 0 Å². The van der Waals surface area contributed by atoms with Gasteiger partial charge in [0.1, 0.15) is 0 Å². The van der Waals surface area contributed by atoms with Crippen molar-refractivity contribution in [3.63, 3.8) is 0 Å². The predicted molar refractivity (Wildman–Crippen MR) is 61.8 cm³/mol. The van der Waals surface area contributed by atoms with Crippen LogP contribution < -0.4 is 0 Å². The summed E-state index contributed by atoms with van der Waals surface area (Å²) in [6, 6.07) is 0. The zero-order chi connectivity index (χ0) is 10.4. The third kappa shape index (κ3) is 5.68. The Bertz CT molecular complexity index is 176. The first-order valence-electron chi connectivity index (χ1n) is 5.29. The van der Waals surface area contributed by atoms with E-state index in [1.54, 1.807) is 0 Å². The third-order valence-electron chi connectivity index (χ3n) is 2.68. The van der Waals surface area contributed by atoms with Crippen LogP contribution in [0.2, 0.25) is 0 Å². The molecule has 0 fully saturated rings. The van der Waals surface area contributed by atoms with Crippen molar-refractivity contribution in [3.05, 3.63) is 24.3 Å². The summed E-state index contributed by atoms with van der Waals surface area (Å²) in [7, 11) is 0. The number of hydrogen-bond acceptors (Lipinski definition) is 0. The lowest BCUT2D eigenvalue weighted by Gasteiger charge is -2.18. The normalized spacial score (nSPS) is 15.1. The molecule has 0 spiro atoms. The topological polar surface area (TPSA) is 0 Å². The molecule has 13 heavy (non-hydrogen) atoms. The maximum Gasteiger partial charge on any atom is -0.0114 e. The average Bonchev–Trinajstić information content (AvgIpc) is 2.02. The van der Waals surface area contributed by atoms with Gasteiger partial charge in [-0.05, 0) is 31.6 Å². The lowest BCUT2D eigenvalue weighted by Crippen LogP contribution is -2.04. The van der Waals surface area contributed by atoms with E-state index in [4.69, 9.17) is 0 Å². The molecular formula is C13H24. The first-order chi connectivity index (χ1) is 5.97. The standard InChI is InChI=1S/C13H24/c1-7-11(4)9-13(6)12(5)8-10(2)3/h11,13H,2,5,7-9H2,1,3-4,6H3/t11-,13+/m1/s1. The van der Waals surface area contributed by atoms with Crippen molar-refractivity contribution in [2.45, 2.75) is 47.0 Å². The minimum absolute atomic E-state index is 0.645. The maximum absolute atomic E-state index is 4.12. The van der Waals surface area contributed by atoms with Crippen LogP contribution in [0.25, 0.3) is 0 Å². The minimum Gasteiger partial charge on any atom is -0.0998 e. The fraction of sp³-hybridized carbons (Fsp3) is 0.692. The molecule has 0 aliphatic heterocycles. The Kier molecular flexibility index (Phi) is 5.77. The smallest absolute Gasteiger partial charge is 0.0114 e. The van der Waals surface area contributed by atoms with Crippen LogP contribution in [-0.2, 0) is 0 Å². The molecule has 0 nitrogen and oxygen atoms in total. The van der Waals surface area contributed by atoms with E-state index in [0.717, 1.165) is 12.3 Å². The van der Waals surface area contributed by atoms with E-state index in [2.05, 4.69) is 40.9 Å². The Labute approximate surface area is 83.7 Å². The first-order valence-corrected chi connectivity index (χ1v) is 5.29. The lowest BCUT2D eigenvalue weighted by atomic mass is 9.88. The van der Waals surface area contributed by atoms with Gasteiger partial charge in [0.25, 0.3) is 0 Å². The SMILES string of the molecule is C=C(C)CC(=C)[C@@H](C)C[C@H](C)CC. The van der Waals surface area contributed by atoms with Crippen LogP contribution in [0.3, 0.4) is 0 Å². The van der Waals surface area contributed by atoms with Gasteiger partial charge in [-0.2, -0.15) is 0 Å². The Morgan fingerprint density at radius 2 is 1.77 bits per heavy atom. The molecule has 0 saturated heterocycles. The van der Waals surface area contributed by atoms with Gasteiger partial charge in [-0.15, -0.1) is 0 Å². The van der Waals surface area contributed by atoms with E-state index in [1.807, 2.05) is 0 Å². The third-order valence-corrected chi connectivity index (χ3v) is 2.68. The Morgan fingerprint density at radius 3 is 2.15 bits per heavy atom. The second-order valence-corrected chi connectivity index (χ2v) is 4.44. The summed E-state index contributed by atoms with van der Waals surface area (Å²) >= 11 is 0. The van der Waals surface area contributed by atoms with Gasteiger partial charge in [-0.1, -0.05) is 51.5 Å². The highest BCUT2D eigenvalue weighted by Crippen LogP contribution is 2.24. The van der Waals surface area contributed by atoms with Crippen LogP contribution in [-0.4, -0.2) is 0 Å². The second kappa shape index (κ2) is 6.01. The van der Waals surface area contributed by atoms with Gasteiger partial charge in [-0.3, -0.25) is 0 Å². The van der Waals surface area contributed by atoms with Crippen molar-refractivity contribution in [2.75, 3.05) is 0 Å². The van der Waals surface area contributed by atoms with Gasteiger partial charge >= 0.3 is 0 Å². The Morgan fingerprint density at radius 1 is 1.23 bits per heavy atom. The van der Waals surface area contributed by atoms with Crippen LogP contribution >= 0.6 is 0 Å². The summed E-state index contributed by atoms with van der Waals surface area (Å²) in [6.07, 6.45) is 3.53. The summed E-state index contributed by atoms with van der Waals surface area (Å²) in [6.45, 7) is 16.9. The van der Waals surface area contributed by atoms with Gasteiger partial charge in [0.2, 0.25) is 0 Å². The van der Waals surface area contributed by atoms with E-state index in [0.29, 0.717) is 5.92 Å². The summed E-state index contributed by atoms with van der Waals surface area (Å²) in [5.41, 5.74) is 2.56. The highest BCUT2D eigenvalue weighted by molar-refractivity contribution is 5.09. The van der Waals surface area contributed by atoms with E-state index < -0.39 is 0 Å². The lowest BCUT2D eigenvalue weighted by molar-refractivity contribution is 0.439. The molecule has 0 bridgehead atoms. The van der Waals surface area contributed by atoms with E-state index in [1.165, 1.54) is 24.0 Å². The summed E-state index contributed by atoms with van der Waals surface area (Å²) in [5.74, 6) is 1.46. The van der Waals surface area contributed by atoms with Gasteiger partial charge < -0.3 is 0 Å². The van der Waals surface area contributed by atoms with Crippen LogP contribution in [0.15, 0.2) is 24.3 Å². The zero-order valence-corrected chi connectivity index (χ0v) is 9.69. The average molecular weight is 180 g/mol. The fourth-order valence-corrected chi connectivity index (χ4v) is 1.50. The molecule has 0 unspecified atom stereocenters. The van der Waals surface area contributed by atoms with Crippen LogP contribution in [0.1, 0.15) is 47.0 Å². The van der Waals surface area contributed by atoms with Crippen LogP contribution in [0.5, 0.6) is 0 Å². The van der Waals surface area contributed by atoms with Crippen LogP contribution in [0, 0.1) is 11.8 Å². The molecule has 76 valence electrons. The molecule has 0 rings (SSSR count). The molecule has 2 atom stereocenters. The van der Waals surface area contributed by atoms with Crippen molar-refractivity contribution >= 4 is 0 Å². The van der Waals surface area contributed by atoms with E-state index in [-0.39, 0.29) is 0 Å². The number of hydrogen-bond donors (Lipinski definition) is 0. The van der Waals surface area contributed by atoms with Gasteiger partial charge in [0.15, 0.2) is 0 Å². The molecule has 0 aromatic heterocycles. The summed E-state index contributed by atoms with van der Waals surface area (Å²) in [4.78, 5) is 0. The summed E-state index contributed by atoms with van der Waals surface area (Å²) in [5, 5.41) is 0. The van der Waals surface area contributed by atoms with E-state index >= 15 is 0 Å². The molecule has 0 aromatic carbocycles. The molecule has 0 saturated carbocycles. The van der Waals surface area contributed by atoms with Gasteiger partial charge in [0.05, 0.1) is 0 Å². The molecule has 0 amide bonds. The summed E-state index contributed by atoms with van der Waals surface area (Å²) < 4.78 is 0. The number of allylic oxidation sites excluding steroid dienone is 2. The predicted octanol–water partition coefficient (Wildman–Crippen LogP) is 4.58. The van der Waals surface area contributed by atoms with Crippen LogP contribution in [0.4, 0.5) is 0 Å². The molecular weight excluding hydrogens is 156 g/mol. The van der Waals surface area contributed by atoms with Crippen molar-refractivity contribution in [2.24, 2.45) is 11.8 Å². The van der Waals surface area contributed by atoms with Gasteiger partial charge in [-0.25, -0.2) is 0 Å². The van der Waals surface area contributed by atoms with Crippen molar-refractivity contribution < 1.29 is 0 Å². The molecule has 0 aliphatic carbocycles.